The second-order valence-corrected chi connectivity index (χ2v) is 1.84. The lowest BCUT2D eigenvalue weighted by molar-refractivity contribution is 0.890. The molecule has 0 atom stereocenters. The van der Waals surface area contributed by atoms with Crippen LogP contribution in [0.4, 0.5) is 0 Å². The molecule has 0 unspecified atom stereocenters. The second kappa shape index (κ2) is 4.78. The van der Waals surface area contributed by atoms with E-state index in [1.165, 1.54) is 0 Å². The quantitative estimate of drug-likeness (QED) is 0.436. The molecule has 0 aromatic rings. The molecule has 0 aliphatic rings. The Labute approximate surface area is 61.4 Å². The highest BCUT2D eigenvalue weighted by Crippen LogP contribution is 1.79. The fraction of sp³-hybridized carbons (Fsp3) is 0.667. The summed E-state index contributed by atoms with van der Waals surface area (Å²) in [5, 5.41) is 7.88. The summed E-state index contributed by atoms with van der Waals surface area (Å²) in [5.74, 6) is 0. The van der Waals surface area contributed by atoms with Gasteiger partial charge in [0.15, 0.2) is 0 Å². The van der Waals surface area contributed by atoms with Gasteiger partial charge >= 0.3 is 0 Å². The van der Waals surface area contributed by atoms with Gasteiger partial charge in [-0.15, -0.1) is 0 Å². The van der Waals surface area contributed by atoms with E-state index >= 15 is 0 Å². The molecule has 0 bridgehead atoms. The lowest BCUT2D eigenvalue weighted by Crippen LogP contribution is -2.13. The SMILES string of the molecule is CNN=C(C)C(C)=NNC. The molecule has 0 fully saturated rings. The fourth-order valence-corrected chi connectivity index (χ4v) is 0.497. The van der Waals surface area contributed by atoms with E-state index < -0.39 is 0 Å². The van der Waals surface area contributed by atoms with E-state index in [9.17, 15) is 0 Å². The molecule has 0 saturated heterocycles. The predicted octanol–water partition coefficient (Wildman–Crippen LogP) is 0.177. The molecule has 0 amide bonds. The van der Waals surface area contributed by atoms with Crippen molar-refractivity contribution in [3.05, 3.63) is 0 Å². The Morgan fingerprint density at radius 1 is 0.900 bits per heavy atom. The molecule has 0 aliphatic carbocycles. The highest BCUT2D eigenvalue weighted by molar-refractivity contribution is 6.40. The van der Waals surface area contributed by atoms with Crippen LogP contribution in [0.1, 0.15) is 13.8 Å². The van der Waals surface area contributed by atoms with E-state index in [4.69, 9.17) is 0 Å². The van der Waals surface area contributed by atoms with Gasteiger partial charge in [0.05, 0.1) is 11.4 Å². The van der Waals surface area contributed by atoms with Crippen LogP contribution in [0.3, 0.4) is 0 Å². The Morgan fingerprint density at radius 2 is 1.20 bits per heavy atom. The Hall–Kier alpha value is -1.06. The first-order valence-electron chi connectivity index (χ1n) is 3.14. The molecule has 4 nitrogen and oxygen atoms in total. The summed E-state index contributed by atoms with van der Waals surface area (Å²) in [6, 6.07) is 0. The molecular formula is C6H14N4. The largest absolute Gasteiger partial charge is 0.313 e. The van der Waals surface area contributed by atoms with Crippen molar-refractivity contribution >= 4 is 11.4 Å². The molecule has 0 radical (unpaired) electrons. The van der Waals surface area contributed by atoms with Gasteiger partial charge < -0.3 is 10.9 Å². The van der Waals surface area contributed by atoms with Gasteiger partial charge in [-0.3, -0.25) is 0 Å². The van der Waals surface area contributed by atoms with Crippen LogP contribution >= 0.6 is 0 Å². The molecule has 0 aromatic carbocycles. The molecule has 0 aliphatic heterocycles. The molecule has 0 aromatic heterocycles. The lowest BCUT2D eigenvalue weighted by atomic mass is 10.3. The first-order chi connectivity index (χ1) is 4.72. The van der Waals surface area contributed by atoms with E-state index in [1.807, 2.05) is 13.8 Å². The van der Waals surface area contributed by atoms with Crippen LogP contribution in [0.15, 0.2) is 10.2 Å². The van der Waals surface area contributed by atoms with E-state index in [2.05, 4.69) is 21.1 Å². The van der Waals surface area contributed by atoms with Gasteiger partial charge in [-0.2, -0.15) is 10.2 Å². The zero-order valence-corrected chi connectivity index (χ0v) is 6.89. The van der Waals surface area contributed by atoms with Crippen LogP contribution in [0.5, 0.6) is 0 Å². The van der Waals surface area contributed by atoms with Crippen molar-refractivity contribution in [2.45, 2.75) is 13.8 Å². The third-order valence-electron chi connectivity index (χ3n) is 1.08. The fourth-order valence-electron chi connectivity index (χ4n) is 0.497. The third kappa shape index (κ3) is 3.06. The maximum absolute atomic E-state index is 3.94. The molecule has 0 spiro atoms. The maximum atomic E-state index is 3.94. The minimum atomic E-state index is 0.886. The Bertz CT molecular complexity index is 130. The second-order valence-electron chi connectivity index (χ2n) is 1.84. The van der Waals surface area contributed by atoms with Crippen LogP contribution in [-0.2, 0) is 0 Å². The minimum Gasteiger partial charge on any atom is -0.313 e. The first kappa shape index (κ1) is 8.94. The van der Waals surface area contributed by atoms with Gasteiger partial charge in [0.25, 0.3) is 0 Å². The molecule has 0 rings (SSSR count). The third-order valence-corrected chi connectivity index (χ3v) is 1.08. The highest BCUT2D eigenvalue weighted by atomic mass is 15.3. The van der Waals surface area contributed by atoms with Crippen molar-refractivity contribution in [2.24, 2.45) is 10.2 Å². The number of nitrogens with zero attached hydrogens (tertiary/aromatic N) is 2. The predicted molar refractivity (Wildman–Crippen MR) is 44.3 cm³/mol. The highest BCUT2D eigenvalue weighted by Gasteiger charge is 1.93. The van der Waals surface area contributed by atoms with Crippen LogP contribution in [0.2, 0.25) is 0 Å². The van der Waals surface area contributed by atoms with Gasteiger partial charge in [-0.1, -0.05) is 0 Å². The number of nitrogens with one attached hydrogen (secondary N) is 2. The van der Waals surface area contributed by atoms with Crippen LogP contribution in [-0.4, -0.2) is 25.5 Å². The molecule has 2 N–H and O–H groups in total. The Morgan fingerprint density at radius 3 is 1.40 bits per heavy atom. The average molecular weight is 142 g/mol. The molecule has 4 heteroatoms. The smallest absolute Gasteiger partial charge is 0.0801 e. The summed E-state index contributed by atoms with van der Waals surface area (Å²) >= 11 is 0. The maximum Gasteiger partial charge on any atom is 0.0801 e. The van der Waals surface area contributed by atoms with Gasteiger partial charge in [-0.05, 0) is 13.8 Å². The topological polar surface area (TPSA) is 48.8 Å². The Kier molecular flexibility index (Phi) is 4.28. The van der Waals surface area contributed by atoms with Crippen LogP contribution < -0.4 is 10.9 Å². The Balaban J connectivity index is 4.06. The van der Waals surface area contributed by atoms with Crippen LogP contribution in [0.25, 0.3) is 0 Å². The molecule has 0 heterocycles. The zero-order chi connectivity index (χ0) is 7.98. The van der Waals surface area contributed by atoms with Gasteiger partial charge in [0, 0.05) is 14.1 Å². The van der Waals surface area contributed by atoms with E-state index in [0.717, 1.165) is 11.4 Å². The summed E-state index contributed by atoms with van der Waals surface area (Å²) in [5.41, 5.74) is 7.14. The summed E-state index contributed by atoms with van der Waals surface area (Å²) in [6.45, 7) is 3.79. The summed E-state index contributed by atoms with van der Waals surface area (Å²) in [7, 11) is 3.52. The zero-order valence-electron chi connectivity index (χ0n) is 6.89. The van der Waals surface area contributed by atoms with Crippen molar-refractivity contribution in [1.29, 1.82) is 0 Å². The van der Waals surface area contributed by atoms with Crippen molar-refractivity contribution in [2.75, 3.05) is 14.1 Å². The molecular weight excluding hydrogens is 128 g/mol. The normalized spacial score (nSPS) is 13.2. The summed E-state index contributed by atoms with van der Waals surface area (Å²) in [4.78, 5) is 0. The van der Waals surface area contributed by atoms with Gasteiger partial charge in [0.1, 0.15) is 0 Å². The monoisotopic (exact) mass is 142 g/mol. The van der Waals surface area contributed by atoms with Gasteiger partial charge in [0.2, 0.25) is 0 Å². The number of hydrogen-bond donors (Lipinski definition) is 2. The van der Waals surface area contributed by atoms with E-state index in [-0.39, 0.29) is 0 Å². The summed E-state index contributed by atoms with van der Waals surface area (Å²) < 4.78 is 0. The van der Waals surface area contributed by atoms with Crippen molar-refractivity contribution < 1.29 is 0 Å². The molecule has 0 saturated carbocycles. The number of rotatable bonds is 3. The van der Waals surface area contributed by atoms with E-state index in [0.29, 0.717) is 0 Å². The minimum absolute atomic E-state index is 0.886. The lowest BCUT2D eigenvalue weighted by Gasteiger charge is -1.97. The van der Waals surface area contributed by atoms with Crippen molar-refractivity contribution in [1.82, 2.24) is 10.9 Å². The van der Waals surface area contributed by atoms with Crippen LogP contribution in [0, 0.1) is 0 Å². The molecule has 10 heavy (non-hydrogen) atoms. The number of hydrazone groups is 2. The standard InChI is InChI=1S/C6H14N4/c1-5(9-7-3)6(2)10-8-4/h7-8H,1-4H3. The van der Waals surface area contributed by atoms with Gasteiger partial charge in [-0.25, -0.2) is 0 Å². The number of hydrogen-bond acceptors (Lipinski definition) is 4. The average Bonchev–Trinajstić information content (AvgIpc) is 1.89. The van der Waals surface area contributed by atoms with Crippen molar-refractivity contribution in [3.63, 3.8) is 0 Å². The van der Waals surface area contributed by atoms with E-state index in [1.54, 1.807) is 14.1 Å². The first-order valence-corrected chi connectivity index (χ1v) is 3.14. The summed E-state index contributed by atoms with van der Waals surface area (Å²) in [6.07, 6.45) is 0. The van der Waals surface area contributed by atoms with Crippen molar-refractivity contribution in [3.8, 4) is 0 Å². The molecule has 58 valence electrons.